The Hall–Kier alpha value is -8.60. The first kappa shape index (κ1) is 39.7. The number of hydrogen-bond acceptors (Lipinski definition) is 0. The van der Waals surface area contributed by atoms with Crippen molar-refractivity contribution in [2.24, 2.45) is 0 Å². The lowest BCUT2D eigenvalue weighted by Crippen LogP contribution is -1.97. The van der Waals surface area contributed by atoms with E-state index in [2.05, 4.69) is 251 Å². The molecule has 0 atom stereocenters. The zero-order valence-corrected chi connectivity index (χ0v) is 38.6. The molecule has 14 rings (SSSR count). The van der Waals surface area contributed by atoms with Gasteiger partial charge in [-0.05, 0) is 145 Å². The van der Waals surface area contributed by atoms with Crippen LogP contribution in [0.4, 0.5) is 0 Å². The van der Waals surface area contributed by atoms with E-state index in [0.29, 0.717) is 0 Å². The lowest BCUT2D eigenvalue weighted by Gasteiger charge is -2.14. The monoisotopic (exact) mass is 872 g/mol. The van der Waals surface area contributed by atoms with E-state index in [1.165, 1.54) is 121 Å². The second-order valence-electron chi connectivity index (χ2n) is 17.9. The van der Waals surface area contributed by atoms with Crippen LogP contribution in [0.3, 0.4) is 0 Å². The van der Waals surface area contributed by atoms with Crippen LogP contribution in [0.25, 0.3) is 121 Å². The predicted molar refractivity (Wildman–Crippen MR) is 290 cm³/mol. The van der Waals surface area contributed by atoms with E-state index in [1.54, 1.807) is 0 Å². The van der Waals surface area contributed by atoms with Crippen molar-refractivity contribution in [2.75, 3.05) is 0 Å². The van der Waals surface area contributed by atoms with E-state index in [4.69, 9.17) is 0 Å². The fraction of sp³-hybridized carbons (Fsp3) is 0.0625. The van der Waals surface area contributed by atoms with Gasteiger partial charge in [0.2, 0.25) is 0 Å². The van der Waals surface area contributed by atoms with Crippen molar-refractivity contribution in [1.29, 1.82) is 0 Å². The molecular weight excluding hydrogens is 825 g/mol. The quantitative estimate of drug-likeness (QED) is 0.164. The van der Waals surface area contributed by atoms with Crippen molar-refractivity contribution in [1.82, 2.24) is 18.3 Å². The molecule has 14 aromatic rings. The van der Waals surface area contributed by atoms with Crippen LogP contribution >= 0.6 is 0 Å². The minimum Gasteiger partial charge on any atom is -0.309 e. The van der Waals surface area contributed by atoms with Crippen LogP contribution in [-0.2, 0) is 0 Å². The van der Waals surface area contributed by atoms with Gasteiger partial charge < -0.3 is 18.3 Å². The standard InChI is InChI=1S/C62H42N4.C2H6/c1-39-33-61-53(47-23-11-15-27-57(47)65(61)43-29-31-59-51(35-43)45-21-9-13-25-55(45)63(59)41-17-5-3-6-18-41)37-49(39)50-38-54-48-24-12-16-28-58(48)66(62(54)34-40(50)2)44-30-32-60-52(36-44)46-22-10-14-26-56(46)64(60)42-19-7-4-8-20-42;1-2/h3-38H,1-2H3;1-2H3. The summed E-state index contributed by atoms with van der Waals surface area (Å²) in [6, 6.07) is 80.4. The summed E-state index contributed by atoms with van der Waals surface area (Å²) in [5.74, 6) is 0. The molecule has 0 N–H and O–H groups in total. The Kier molecular flexibility index (Phi) is 9.06. The van der Waals surface area contributed by atoms with Gasteiger partial charge in [0.25, 0.3) is 0 Å². The van der Waals surface area contributed by atoms with Gasteiger partial charge in [-0.3, -0.25) is 0 Å². The number of nitrogens with zero attached hydrogens (tertiary/aromatic N) is 4. The predicted octanol–water partition coefficient (Wildman–Crippen LogP) is 17.4. The Morgan fingerprint density at radius 2 is 0.500 bits per heavy atom. The molecule has 0 aliphatic heterocycles. The number of fused-ring (bicyclic) bond motifs is 12. The van der Waals surface area contributed by atoms with Crippen LogP contribution in [0.15, 0.2) is 218 Å². The average Bonchev–Trinajstić information content (AvgIpc) is 4.11. The van der Waals surface area contributed by atoms with Crippen molar-refractivity contribution in [3.8, 4) is 33.9 Å². The van der Waals surface area contributed by atoms with Gasteiger partial charge in [0, 0.05) is 65.8 Å². The maximum absolute atomic E-state index is 2.47. The average molecular weight is 873 g/mol. The summed E-state index contributed by atoms with van der Waals surface area (Å²) in [5.41, 5.74) is 19.3. The lowest BCUT2D eigenvalue weighted by atomic mass is 9.93. The van der Waals surface area contributed by atoms with Crippen LogP contribution in [0, 0.1) is 13.8 Å². The Balaban J connectivity index is 0.00000226. The zero-order chi connectivity index (χ0) is 45.6. The van der Waals surface area contributed by atoms with Gasteiger partial charge in [-0.15, -0.1) is 0 Å². The molecule has 4 heterocycles. The highest BCUT2D eigenvalue weighted by molar-refractivity contribution is 6.16. The molecule has 0 spiro atoms. The highest BCUT2D eigenvalue weighted by Crippen LogP contribution is 2.43. The third kappa shape index (κ3) is 5.80. The molecule has 10 aromatic carbocycles. The van der Waals surface area contributed by atoms with Gasteiger partial charge >= 0.3 is 0 Å². The normalized spacial score (nSPS) is 11.8. The molecule has 68 heavy (non-hydrogen) atoms. The van der Waals surface area contributed by atoms with Crippen molar-refractivity contribution in [2.45, 2.75) is 27.7 Å². The zero-order valence-electron chi connectivity index (χ0n) is 38.6. The van der Waals surface area contributed by atoms with Gasteiger partial charge in [-0.25, -0.2) is 0 Å². The van der Waals surface area contributed by atoms with E-state index >= 15 is 0 Å². The molecule has 0 amide bonds. The highest BCUT2D eigenvalue weighted by Gasteiger charge is 2.21. The molecule has 0 aliphatic carbocycles. The van der Waals surface area contributed by atoms with E-state index in [9.17, 15) is 0 Å². The third-order valence-electron chi connectivity index (χ3n) is 14.2. The Labute approximate surface area is 394 Å². The topological polar surface area (TPSA) is 19.7 Å². The van der Waals surface area contributed by atoms with Crippen molar-refractivity contribution < 1.29 is 0 Å². The molecule has 0 aliphatic rings. The lowest BCUT2D eigenvalue weighted by molar-refractivity contribution is 1.16. The first-order valence-corrected chi connectivity index (χ1v) is 23.8. The summed E-state index contributed by atoms with van der Waals surface area (Å²) in [6.45, 7) is 8.56. The maximum atomic E-state index is 2.47. The third-order valence-corrected chi connectivity index (χ3v) is 14.2. The summed E-state index contributed by atoms with van der Waals surface area (Å²) < 4.78 is 9.70. The van der Waals surface area contributed by atoms with E-state index in [1.807, 2.05) is 13.8 Å². The molecule has 324 valence electrons. The Morgan fingerprint density at radius 3 is 0.853 bits per heavy atom. The molecule has 0 bridgehead atoms. The molecule has 0 radical (unpaired) electrons. The van der Waals surface area contributed by atoms with E-state index in [-0.39, 0.29) is 0 Å². The molecular formula is C64H48N4. The molecule has 4 heteroatoms. The molecule has 4 aromatic heterocycles. The number of hydrogen-bond donors (Lipinski definition) is 0. The first-order valence-electron chi connectivity index (χ1n) is 23.8. The van der Waals surface area contributed by atoms with Crippen molar-refractivity contribution in [3.05, 3.63) is 230 Å². The smallest absolute Gasteiger partial charge is 0.0544 e. The van der Waals surface area contributed by atoms with Crippen LogP contribution in [0.5, 0.6) is 0 Å². The summed E-state index contributed by atoms with van der Waals surface area (Å²) in [5, 5.41) is 9.99. The minimum absolute atomic E-state index is 1.16. The number of benzene rings is 10. The maximum Gasteiger partial charge on any atom is 0.0544 e. The Bertz CT molecular complexity index is 4010. The first-order chi connectivity index (χ1) is 33.6. The molecule has 4 nitrogen and oxygen atoms in total. The molecule has 0 saturated heterocycles. The number of aryl methyl sites for hydroxylation is 2. The van der Waals surface area contributed by atoms with Crippen molar-refractivity contribution in [3.63, 3.8) is 0 Å². The van der Waals surface area contributed by atoms with Gasteiger partial charge in [0.05, 0.1) is 44.1 Å². The fourth-order valence-electron chi connectivity index (χ4n) is 11.3. The number of aromatic nitrogens is 4. The molecule has 0 saturated carbocycles. The highest BCUT2D eigenvalue weighted by atomic mass is 15.0. The van der Waals surface area contributed by atoms with Crippen molar-refractivity contribution >= 4 is 87.2 Å². The van der Waals surface area contributed by atoms with Gasteiger partial charge in [0.15, 0.2) is 0 Å². The summed E-state index contributed by atoms with van der Waals surface area (Å²) in [7, 11) is 0. The summed E-state index contributed by atoms with van der Waals surface area (Å²) >= 11 is 0. The number of rotatable bonds is 5. The van der Waals surface area contributed by atoms with Gasteiger partial charge in [0.1, 0.15) is 0 Å². The van der Waals surface area contributed by atoms with E-state index in [0.717, 1.165) is 11.4 Å². The fourth-order valence-corrected chi connectivity index (χ4v) is 11.3. The summed E-state index contributed by atoms with van der Waals surface area (Å²) in [6.07, 6.45) is 0. The van der Waals surface area contributed by atoms with Crippen LogP contribution in [0.2, 0.25) is 0 Å². The molecule has 0 fully saturated rings. The Morgan fingerprint density at radius 1 is 0.221 bits per heavy atom. The minimum atomic E-state index is 1.16. The van der Waals surface area contributed by atoms with Gasteiger partial charge in [-0.2, -0.15) is 0 Å². The second kappa shape index (κ2) is 15.5. The molecule has 0 unspecified atom stereocenters. The summed E-state index contributed by atoms with van der Waals surface area (Å²) in [4.78, 5) is 0. The van der Waals surface area contributed by atoms with Crippen LogP contribution in [0.1, 0.15) is 25.0 Å². The number of para-hydroxylation sites is 6. The van der Waals surface area contributed by atoms with Crippen LogP contribution in [-0.4, -0.2) is 18.3 Å². The van der Waals surface area contributed by atoms with Gasteiger partial charge in [-0.1, -0.05) is 123 Å². The van der Waals surface area contributed by atoms with Crippen LogP contribution < -0.4 is 0 Å². The SMILES string of the molecule is CC.Cc1cc2c(cc1-c1cc3c4ccccc4n(-c4ccc5c(c4)c4ccccc4n5-c4ccccc4)c3cc1C)c1ccccc1n2-c1ccc2c(c1)c1ccccc1n2-c1ccccc1. The largest absolute Gasteiger partial charge is 0.309 e. The second-order valence-corrected chi connectivity index (χ2v) is 17.9. The van der Waals surface area contributed by atoms with E-state index < -0.39 is 0 Å².